The monoisotopic (exact) mass is 650 g/mol. The molecular weight excluding hydrogens is 623 g/mol. The second-order valence-electron chi connectivity index (χ2n) is 10.4. The quantitative estimate of drug-likeness (QED) is 0.183. The van der Waals surface area contributed by atoms with Crippen LogP contribution in [-0.2, 0) is 9.59 Å². The first-order valence-electron chi connectivity index (χ1n) is 14.4. The third-order valence-electron chi connectivity index (χ3n) is 7.48. The number of aliphatic imine (C=N–C) groups is 2. The van der Waals surface area contributed by atoms with Gasteiger partial charge in [-0.2, -0.15) is 0 Å². The molecule has 46 heavy (non-hydrogen) atoms. The zero-order chi connectivity index (χ0) is 32.2. The van der Waals surface area contributed by atoms with E-state index < -0.39 is 0 Å². The molecule has 0 N–H and O–H groups in total. The first kappa shape index (κ1) is 30.8. The van der Waals surface area contributed by atoms with Crippen LogP contribution >= 0.6 is 23.2 Å². The Kier molecular flexibility index (Phi) is 9.01. The summed E-state index contributed by atoms with van der Waals surface area (Å²) in [6.45, 7) is 0.327. The average molecular weight is 652 g/mol. The number of halogens is 2. The van der Waals surface area contributed by atoms with E-state index in [1.54, 1.807) is 60.4 Å². The molecule has 2 aliphatic rings. The van der Waals surface area contributed by atoms with Gasteiger partial charge >= 0.3 is 0 Å². The van der Waals surface area contributed by atoms with E-state index in [2.05, 4.69) is 0 Å². The van der Waals surface area contributed by atoms with Gasteiger partial charge in [0, 0.05) is 34.3 Å². The maximum Gasteiger partial charge on any atom is 0.278 e. The molecule has 8 nitrogen and oxygen atoms in total. The molecule has 0 fully saturated rings. The first-order valence-corrected chi connectivity index (χ1v) is 15.1. The van der Waals surface area contributed by atoms with Gasteiger partial charge < -0.3 is 9.47 Å². The van der Waals surface area contributed by atoms with Crippen LogP contribution in [0.3, 0.4) is 0 Å². The molecule has 2 aliphatic heterocycles. The van der Waals surface area contributed by atoms with E-state index in [1.165, 1.54) is 0 Å². The zero-order valence-corrected chi connectivity index (χ0v) is 26.5. The van der Waals surface area contributed by atoms with Crippen molar-refractivity contribution in [1.29, 1.82) is 0 Å². The molecule has 0 bridgehead atoms. The van der Waals surface area contributed by atoms with Crippen molar-refractivity contribution in [2.45, 2.75) is 0 Å². The number of methoxy groups -OCH3 is 2. The van der Waals surface area contributed by atoms with Crippen LogP contribution < -0.4 is 9.47 Å². The molecule has 2 amide bonds. The van der Waals surface area contributed by atoms with Crippen LogP contribution in [0, 0.1) is 0 Å². The van der Waals surface area contributed by atoms with Crippen molar-refractivity contribution in [3.8, 4) is 11.5 Å². The number of hydrogen-bond donors (Lipinski definition) is 0. The molecule has 0 saturated carbocycles. The van der Waals surface area contributed by atoms with Gasteiger partial charge in [-0.05, 0) is 96.1 Å². The predicted octanol–water partition coefficient (Wildman–Crippen LogP) is 6.97. The van der Waals surface area contributed by atoms with Crippen LogP contribution in [-0.4, -0.2) is 60.6 Å². The summed E-state index contributed by atoms with van der Waals surface area (Å²) in [5, 5.41) is 1.19. The highest BCUT2D eigenvalue weighted by Gasteiger charge is 2.35. The van der Waals surface area contributed by atoms with Gasteiger partial charge in [0.05, 0.1) is 14.2 Å². The topological polar surface area (TPSA) is 83.8 Å². The Balaban J connectivity index is 1.33. The van der Waals surface area contributed by atoms with Crippen molar-refractivity contribution < 1.29 is 19.1 Å². The number of ether oxygens (including phenoxy) is 2. The fourth-order valence-corrected chi connectivity index (χ4v) is 5.32. The second kappa shape index (κ2) is 13.4. The minimum atomic E-state index is -0.285. The number of amidine groups is 2. The second-order valence-corrected chi connectivity index (χ2v) is 11.3. The molecule has 0 spiro atoms. The summed E-state index contributed by atoms with van der Waals surface area (Å²) in [7, 11) is 3.19. The summed E-state index contributed by atoms with van der Waals surface area (Å²) < 4.78 is 10.6. The summed E-state index contributed by atoms with van der Waals surface area (Å²) in [5.74, 6) is 1.73. The van der Waals surface area contributed by atoms with E-state index in [4.69, 9.17) is 42.7 Å². The van der Waals surface area contributed by atoms with Crippen molar-refractivity contribution in [2.24, 2.45) is 9.98 Å². The fourth-order valence-electron chi connectivity index (χ4n) is 5.07. The lowest BCUT2D eigenvalue weighted by molar-refractivity contribution is -0.125. The van der Waals surface area contributed by atoms with E-state index in [9.17, 15) is 9.59 Å². The van der Waals surface area contributed by atoms with Crippen molar-refractivity contribution in [3.05, 3.63) is 141 Å². The number of carbonyl (C=O) groups is 2. The summed E-state index contributed by atoms with van der Waals surface area (Å²) in [6, 6.07) is 29.0. The van der Waals surface area contributed by atoms with Gasteiger partial charge in [-0.15, -0.1) is 0 Å². The Morgan fingerprint density at radius 2 is 0.913 bits per heavy atom. The van der Waals surface area contributed by atoms with Crippen LogP contribution in [0.1, 0.15) is 22.3 Å². The van der Waals surface area contributed by atoms with Gasteiger partial charge in [0.15, 0.2) is 0 Å². The minimum Gasteiger partial charge on any atom is -0.497 e. The smallest absolute Gasteiger partial charge is 0.278 e. The number of nitrogens with zero attached hydrogens (tertiary/aromatic N) is 4. The lowest BCUT2D eigenvalue weighted by Gasteiger charge is -2.24. The van der Waals surface area contributed by atoms with Crippen LogP contribution in [0.5, 0.6) is 11.5 Å². The molecule has 0 aromatic heterocycles. The summed E-state index contributed by atoms with van der Waals surface area (Å²) >= 11 is 12.1. The number of amides is 2. The number of carbonyl (C=O) groups excluding carboxylic acids is 2. The molecular formula is C36H28Cl2N4O4. The summed E-state index contributed by atoms with van der Waals surface area (Å²) in [5.41, 5.74) is 3.57. The predicted molar refractivity (Wildman–Crippen MR) is 181 cm³/mol. The van der Waals surface area contributed by atoms with Gasteiger partial charge in [0.25, 0.3) is 11.8 Å². The van der Waals surface area contributed by atoms with E-state index in [0.717, 1.165) is 22.3 Å². The molecule has 0 atom stereocenters. The Morgan fingerprint density at radius 1 is 0.565 bits per heavy atom. The molecule has 10 heteroatoms. The van der Waals surface area contributed by atoms with Crippen LogP contribution in [0.25, 0.3) is 12.2 Å². The molecule has 6 rings (SSSR count). The van der Waals surface area contributed by atoms with Crippen LogP contribution in [0.2, 0.25) is 10.0 Å². The van der Waals surface area contributed by atoms with Crippen molar-refractivity contribution in [2.75, 3.05) is 27.3 Å². The number of hydrogen-bond acceptors (Lipinski definition) is 6. The van der Waals surface area contributed by atoms with Crippen molar-refractivity contribution in [1.82, 2.24) is 9.80 Å². The molecule has 0 unspecified atom stereocenters. The standard InChI is InChI=1S/C36H28Cl2N4O4/c1-45-29-15-7-25(8-16-29)33-39-31(21-23-3-11-27(37)12-4-23)35(43)41(33)19-20-42-34(26-9-17-30(46-2)18-10-26)40-32(36(42)44)22-24-5-13-28(38)14-6-24/h3-18,21-22H,19-20H2,1-2H3. The highest BCUT2D eigenvalue weighted by molar-refractivity contribution is 6.31. The SMILES string of the molecule is COc1ccc(C2=NC(=Cc3ccc(Cl)cc3)C(=O)N2CCN2C(=O)C(=Cc3ccc(Cl)cc3)N=C2c2ccc(OC)cc2)cc1. The molecule has 0 saturated heterocycles. The largest absolute Gasteiger partial charge is 0.497 e. The molecule has 0 aliphatic carbocycles. The van der Waals surface area contributed by atoms with Crippen LogP contribution in [0.15, 0.2) is 118 Å². The van der Waals surface area contributed by atoms with Crippen molar-refractivity contribution in [3.63, 3.8) is 0 Å². The maximum absolute atomic E-state index is 13.8. The van der Waals surface area contributed by atoms with Crippen LogP contribution in [0.4, 0.5) is 0 Å². The summed E-state index contributed by atoms with van der Waals surface area (Å²) in [6.07, 6.45) is 3.45. The van der Waals surface area contributed by atoms with Gasteiger partial charge in [-0.25, -0.2) is 9.98 Å². The lowest BCUT2D eigenvalue weighted by atomic mass is 10.1. The van der Waals surface area contributed by atoms with Gasteiger partial charge in [-0.3, -0.25) is 19.4 Å². The normalized spacial score (nSPS) is 16.3. The number of benzene rings is 4. The zero-order valence-electron chi connectivity index (χ0n) is 25.0. The number of rotatable bonds is 9. The summed E-state index contributed by atoms with van der Waals surface area (Å²) in [4.78, 5) is 40.4. The van der Waals surface area contributed by atoms with Gasteiger partial charge in [0.2, 0.25) is 0 Å². The Hall–Kier alpha value is -5.18. The fraction of sp³-hybridized carbons (Fsp3) is 0.111. The lowest BCUT2D eigenvalue weighted by Crippen LogP contribution is -2.42. The molecule has 4 aromatic rings. The highest BCUT2D eigenvalue weighted by atomic mass is 35.5. The minimum absolute atomic E-state index is 0.163. The maximum atomic E-state index is 13.8. The van der Waals surface area contributed by atoms with E-state index in [-0.39, 0.29) is 36.3 Å². The molecule has 0 radical (unpaired) electrons. The van der Waals surface area contributed by atoms with E-state index in [1.807, 2.05) is 72.8 Å². The van der Waals surface area contributed by atoms with E-state index >= 15 is 0 Å². The Labute approximate surface area is 276 Å². The molecule has 230 valence electrons. The van der Waals surface area contributed by atoms with Gasteiger partial charge in [0.1, 0.15) is 34.6 Å². The third-order valence-corrected chi connectivity index (χ3v) is 7.99. The van der Waals surface area contributed by atoms with E-state index in [0.29, 0.717) is 33.2 Å². The Morgan fingerprint density at radius 3 is 1.24 bits per heavy atom. The van der Waals surface area contributed by atoms with Gasteiger partial charge in [-0.1, -0.05) is 47.5 Å². The average Bonchev–Trinajstić information content (AvgIpc) is 3.56. The highest BCUT2D eigenvalue weighted by Crippen LogP contribution is 2.27. The molecule has 4 aromatic carbocycles. The first-order chi connectivity index (χ1) is 22.3. The molecule has 2 heterocycles. The van der Waals surface area contributed by atoms with Crippen molar-refractivity contribution >= 4 is 58.8 Å². The third kappa shape index (κ3) is 6.59. The Bertz CT molecular complexity index is 1760.